The van der Waals surface area contributed by atoms with E-state index < -0.39 is 16.6 Å². The Morgan fingerprint density at radius 2 is 1.70 bits per heavy atom. The maximum absolute atomic E-state index is 6.87. The number of halogens is 1. The Balaban J connectivity index is 1.91. The molecule has 10 heteroatoms. The molecule has 2 N–H and O–H groups in total. The molecule has 2 aromatic heterocycles. The highest BCUT2D eigenvalue weighted by molar-refractivity contribution is 6.74. The smallest absolute Gasteiger partial charge is 0.192 e. The molecule has 1 fully saturated rings. The average Bonchev–Trinajstić information content (AvgIpc) is 3.19. The molecular weight excluding hydrogens is 472 g/mol. The number of nitrogens with two attached hydrogens (primary N) is 1. The molecule has 0 aliphatic carbocycles. The van der Waals surface area contributed by atoms with E-state index in [0.29, 0.717) is 34.9 Å². The van der Waals surface area contributed by atoms with Crippen LogP contribution in [0.1, 0.15) is 54.2 Å². The number of aromatic nitrogens is 3. The Kier molecular flexibility index (Phi) is 7.19. The molecule has 0 aromatic carbocycles. The Bertz CT molecular complexity index is 998. The van der Waals surface area contributed by atoms with Crippen molar-refractivity contribution in [3.8, 4) is 0 Å². The van der Waals surface area contributed by atoms with Crippen LogP contribution < -0.4 is 5.73 Å². The first kappa shape index (κ1) is 26.6. The SMILES string of the molecule is CC(C)(C)[Si](C)(C)OCC1OC(n2cc(Cl)c3c(N)ncnc32)CC1O[Si](C)(C)C(C)(C)C. The highest BCUT2D eigenvalue weighted by Gasteiger charge is 2.46. The van der Waals surface area contributed by atoms with E-state index in [2.05, 4.69) is 77.7 Å². The van der Waals surface area contributed by atoms with E-state index in [-0.39, 0.29) is 28.5 Å². The van der Waals surface area contributed by atoms with Gasteiger partial charge in [0.15, 0.2) is 16.6 Å². The van der Waals surface area contributed by atoms with Crippen LogP contribution in [0.2, 0.25) is 41.3 Å². The average molecular weight is 513 g/mol. The Morgan fingerprint density at radius 3 is 2.27 bits per heavy atom. The molecule has 3 atom stereocenters. The van der Waals surface area contributed by atoms with Crippen LogP contribution in [0, 0.1) is 0 Å². The number of nitrogen functional groups attached to an aromatic ring is 1. The third kappa shape index (κ3) is 5.33. The number of hydrogen-bond donors (Lipinski definition) is 1. The second kappa shape index (κ2) is 8.91. The van der Waals surface area contributed by atoms with Gasteiger partial charge in [-0.05, 0) is 36.3 Å². The van der Waals surface area contributed by atoms with Crippen molar-refractivity contribution in [3.05, 3.63) is 17.5 Å². The van der Waals surface area contributed by atoms with E-state index >= 15 is 0 Å². The van der Waals surface area contributed by atoms with Crippen molar-refractivity contribution >= 4 is 45.1 Å². The minimum absolute atomic E-state index is 0.0731. The van der Waals surface area contributed by atoms with Gasteiger partial charge in [-0.2, -0.15) is 0 Å². The van der Waals surface area contributed by atoms with Crippen molar-refractivity contribution in [2.45, 2.75) is 103 Å². The van der Waals surface area contributed by atoms with Gasteiger partial charge in [0.25, 0.3) is 0 Å². The molecule has 0 saturated carbocycles. The lowest BCUT2D eigenvalue weighted by Crippen LogP contribution is -2.48. The fraction of sp³-hybridized carbons (Fsp3) is 0.739. The summed E-state index contributed by atoms with van der Waals surface area (Å²) in [6.45, 7) is 23.1. The van der Waals surface area contributed by atoms with E-state index in [0.717, 1.165) is 0 Å². The van der Waals surface area contributed by atoms with Crippen LogP contribution >= 0.6 is 11.6 Å². The summed E-state index contributed by atoms with van der Waals surface area (Å²) in [5.74, 6) is 0.369. The Hall–Kier alpha value is -0.976. The molecule has 0 spiro atoms. The van der Waals surface area contributed by atoms with Gasteiger partial charge in [0.2, 0.25) is 0 Å². The van der Waals surface area contributed by atoms with E-state index in [4.69, 9.17) is 30.9 Å². The van der Waals surface area contributed by atoms with Crippen molar-refractivity contribution in [1.29, 1.82) is 0 Å². The van der Waals surface area contributed by atoms with Crippen LogP contribution in [0.3, 0.4) is 0 Å². The molecule has 0 radical (unpaired) electrons. The topological polar surface area (TPSA) is 84.4 Å². The third-order valence-electron chi connectivity index (χ3n) is 7.75. The van der Waals surface area contributed by atoms with Crippen LogP contribution in [0.5, 0.6) is 0 Å². The number of ether oxygens (including phenoxy) is 1. The molecular formula is C23H41ClN4O3Si2. The van der Waals surface area contributed by atoms with Gasteiger partial charge in [-0.3, -0.25) is 0 Å². The highest BCUT2D eigenvalue weighted by atomic mass is 35.5. The summed E-state index contributed by atoms with van der Waals surface area (Å²) in [4.78, 5) is 8.53. The van der Waals surface area contributed by atoms with Gasteiger partial charge >= 0.3 is 0 Å². The quantitative estimate of drug-likeness (QED) is 0.453. The van der Waals surface area contributed by atoms with Gasteiger partial charge < -0.3 is 23.9 Å². The molecule has 7 nitrogen and oxygen atoms in total. The van der Waals surface area contributed by atoms with Gasteiger partial charge in [-0.15, -0.1) is 0 Å². The van der Waals surface area contributed by atoms with Gasteiger partial charge in [-0.25, -0.2) is 9.97 Å². The summed E-state index contributed by atoms with van der Waals surface area (Å²) in [6, 6.07) is 0. The fourth-order valence-electron chi connectivity index (χ4n) is 3.49. The van der Waals surface area contributed by atoms with Crippen molar-refractivity contribution in [2.24, 2.45) is 0 Å². The number of hydrogen-bond acceptors (Lipinski definition) is 6. The van der Waals surface area contributed by atoms with Gasteiger partial charge in [0.05, 0.1) is 23.1 Å². The molecule has 186 valence electrons. The molecule has 3 unspecified atom stereocenters. The van der Waals surface area contributed by atoms with Crippen molar-refractivity contribution in [2.75, 3.05) is 12.3 Å². The number of nitrogens with zero attached hydrogens (tertiary/aromatic N) is 3. The highest BCUT2D eigenvalue weighted by Crippen LogP contribution is 2.43. The van der Waals surface area contributed by atoms with Crippen LogP contribution in [0.15, 0.2) is 12.5 Å². The predicted octanol–water partition coefficient (Wildman–Crippen LogP) is 6.37. The minimum Gasteiger partial charge on any atom is -0.414 e. The summed E-state index contributed by atoms with van der Waals surface area (Å²) in [6.07, 6.45) is 3.48. The lowest BCUT2D eigenvalue weighted by atomic mass is 10.2. The monoisotopic (exact) mass is 512 g/mol. The minimum atomic E-state index is -2.02. The van der Waals surface area contributed by atoms with E-state index in [9.17, 15) is 0 Å². The van der Waals surface area contributed by atoms with E-state index in [1.54, 1.807) is 0 Å². The normalized spacial score (nSPS) is 22.9. The molecule has 3 heterocycles. The van der Waals surface area contributed by atoms with Crippen molar-refractivity contribution < 1.29 is 13.6 Å². The molecule has 0 amide bonds. The zero-order chi connectivity index (χ0) is 25.0. The lowest BCUT2D eigenvalue weighted by Gasteiger charge is -2.40. The second-order valence-corrected chi connectivity index (χ2v) is 22.2. The maximum Gasteiger partial charge on any atom is 0.192 e. The van der Waals surface area contributed by atoms with Crippen LogP contribution in [0.4, 0.5) is 5.82 Å². The molecule has 2 aromatic rings. The van der Waals surface area contributed by atoms with Crippen LogP contribution in [-0.2, 0) is 13.6 Å². The summed E-state index contributed by atoms with van der Waals surface area (Å²) < 4.78 is 22.0. The molecule has 33 heavy (non-hydrogen) atoms. The third-order valence-corrected chi connectivity index (χ3v) is 17.0. The molecule has 1 aliphatic heterocycles. The molecule has 0 bridgehead atoms. The van der Waals surface area contributed by atoms with Crippen LogP contribution in [0.25, 0.3) is 11.0 Å². The Labute approximate surface area is 205 Å². The molecule has 1 saturated heterocycles. The molecule has 1 aliphatic rings. The largest absolute Gasteiger partial charge is 0.414 e. The van der Waals surface area contributed by atoms with E-state index in [1.807, 2.05) is 10.8 Å². The predicted molar refractivity (Wildman–Crippen MR) is 141 cm³/mol. The first-order valence-corrected chi connectivity index (χ1v) is 17.9. The lowest BCUT2D eigenvalue weighted by molar-refractivity contribution is -0.0381. The fourth-order valence-corrected chi connectivity index (χ4v) is 6.15. The standard InChI is InChI=1S/C23H41ClN4O3Si2/c1-22(2,3)32(7,8)29-13-17-16(31-33(9,10)23(4,5)6)11-18(30-17)28-12-15(24)19-20(25)26-14-27-21(19)28/h12,14,16-18H,11,13H2,1-10H3,(H2,25,26,27). The summed E-state index contributed by atoms with van der Waals surface area (Å²) in [5, 5.41) is 1.40. The summed E-state index contributed by atoms with van der Waals surface area (Å²) in [7, 11) is -3.95. The zero-order valence-corrected chi connectivity index (χ0v) is 24.6. The number of rotatable bonds is 6. The Morgan fingerprint density at radius 1 is 1.09 bits per heavy atom. The van der Waals surface area contributed by atoms with Gasteiger partial charge in [-0.1, -0.05) is 53.1 Å². The van der Waals surface area contributed by atoms with Crippen LogP contribution in [-0.4, -0.2) is 50.0 Å². The summed E-state index contributed by atoms with van der Waals surface area (Å²) >= 11 is 6.49. The maximum atomic E-state index is 6.87. The van der Waals surface area contributed by atoms with Gasteiger partial charge in [0.1, 0.15) is 30.1 Å². The number of fused-ring (bicyclic) bond motifs is 1. The molecule has 3 rings (SSSR count). The second-order valence-electron chi connectivity index (χ2n) is 12.2. The van der Waals surface area contributed by atoms with Crippen molar-refractivity contribution in [3.63, 3.8) is 0 Å². The van der Waals surface area contributed by atoms with Gasteiger partial charge in [0, 0.05) is 12.6 Å². The first-order chi connectivity index (χ1) is 14.9. The summed E-state index contributed by atoms with van der Waals surface area (Å²) in [5.41, 5.74) is 6.74. The zero-order valence-electron chi connectivity index (χ0n) is 21.8. The van der Waals surface area contributed by atoms with E-state index in [1.165, 1.54) is 6.33 Å². The number of anilines is 1. The first-order valence-electron chi connectivity index (χ1n) is 11.7. The van der Waals surface area contributed by atoms with Crippen molar-refractivity contribution in [1.82, 2.24) is 14.5 Å².